The van der Waals surface area contributed by atoms with Crippen molar-refractivity contribution in [3.05, 3.63) is 22.8 Å². The molecule has 2 amide bonds. The first-order chi connectivity index (χ1) is 10.1. The second-order valence-electron chi connectivity index (χ2n) is 4.46. The van der Waals surface area contributed by atoms with E-state index in [1.165, 1.54) is 11.3 Å². The van der Waals surface area contributed by atoms with Gasteiger partial charge in [0.15, 0.2) is 5.76 Å². The van der Waals surface area contributed by atoms with Crippen molar-refractivity contribution < 1.29 is 19.4 Å². The number of nitrogens with zero attached hydrogens (tertiary/aromatic N) is 1. The summed E-state index contributed by atoms with van der Waals surface area (Å²) in [6.07, 6.45) is 0.826. The van der Waals surface area contributed by atoms with Crippen LogP contribution in [0.2, 0.25) is 0 Å². The van der Waals surface area contributed by atoms with Crippen LogP contribution in [0.5, 0.6) is 0 Å². The van der Waals surface area contributed by atoms with Gasteiger partial charge in [0.05, 0.1) is 11.6 Å². The average molecular weight is 324 g/mol. The predicted molar refractivity (Wildman–Crippen MR) is 82.7 cm³/mol. The molecule has 0 saturated carbocycles. The number of aliphatic hydroxyl groups is 1. The molecule has 0 spiro atoms. The summed E-state index contributed by atoms with van der Waals surface area (Å²) in [5.41, 5.74) is 0. The number of hydrogen-bond acceptors (Lipinski definition) is 7. The van der Waals surface area contributed by atoms with Gasteiger partial charge in [-0.05, 0) is 12.1 Å². The second-order valence-corrected chi connectivity index (χ2v) is 6.64. The quantitative estimate of drug-likeness (QED) is 0.841. The standard InChI is InChI=1S/C13H12N2O4S2/c1-15(2-3-16)11-6-10-9(21-11)5-7(20-10)4-8-12(17)14-13(18)19-8/h4-6,16H,2-3H2,1H3,(H,14,17,18)/b8-4-. The fourth-order valence-corrected chi connectivity index (χ4v) is 4.23. The van der Waals surface area contributed by atoms with Crippen LogP contribution in [0.1, 0.15) is 4.88 Å². The summed E-state index contributed by atoms with van der Waals surface area (Å²) in [4.78, 5) is 25.2. The molecule has 1 aliphatic heterocycles. The van der Waals surface area contributed by atoms with Crippen LogP contribution in [0, 0.1) is 0 Å². The van der Waals surface area contributed by atoms with E-state index in [-0.39, 0.29) is 12.4 Å². The zero-order chi connectivity index (χ0) is 15.0. The van der Waals surface area contributed by atoms with Crippen molar-refractivity contribution in [2.75, 3.05) is 25.1 Å². The van der Waals surface area contributed by atoms with Gasteiger partial charge in [-0.2, -0.15) is 0 Å². The molecule has 21 heavy (non-hydrogen) atoms. The van der Waals surface area contributed by atoms with E-state index in [0.29, 0.717) is 6.54 Å². The van der Waals surface area contributed by atoms with E-state index in [9.17, 15) is 9.59 Å². The summed E-state index contributed by atoms with van der Waals surface area (Å²) in [7, 11) is 1.93. The molecule has 110 valence electrons. The Kier molecular flexibility index (Phi) is 3.66. The number of amides is 2. The Bertz CT molecular complexity index is 715. The summed E-state index contributed by atoms with van der Waals surface area (Å²) in [6, 6.07) is 4.00. The van der Waals surface area contributed by atoms with Crippen LogP contribution >= 0.6 is 22.7 Å². The molecule has 2 aromatic rings. The molecule has 2 aromatic heterocycles. The van der Waals surface area contributed by atoms with Crippen LogP contribution in [-0.4, -0.2) is 37.3 Å². The van der Waals surface area contributed by atoms with E-state index in [4.69, 9.17) is 9.84 Å². The first-order valence-corrected chi connectivity index (χ1v) is 7.80. The van der Waals surface area contributed by atoms with Gasteiger partial charge in [-0.1, -0.05) is 0 Å². The van der Waals surface area contributed by atoms with Gasteiger partial charge in [0.2, 0.25) is 0 Å². The highest BCUT2D eigenvalue weighted by Gasteiger charge is 2.26. The van der Waals surface area contributed by atoms with Gasteiger partial charge in [0.1, 0.15) is 0 Å². The number of cyclic esters (lactones) is 1. The lowest BCUT2D eigenvalue weighted by atomic mass is 10.3. The molecule has 6 nitrogen and oxygen atoms in total. The Balaban J connectivity index is 1.86. The molecule has 0 unspecified atom stereocenters. The highest BCUT2D eigenvalue weighted by molar-refractivity contribution is 7.30. The van der Waals surface area contributed by atoms with Gasteiger partial charge >= 0.3 is 6.09 Å². The smallest absolute Gasteiger partial charge is 0.404 e. The SMILES string of the molecule is CN(CCO)c1cc2sc(/C=C3\OC(=O)NC3=O)cc2s1. The molecule has 0 aliphatic carbocycles. The van der Waals surface area contributed by atoms with Crippen LogP contribution in [0.15, 0.2) is 17.9 Å². The number of nitrogens with one attached hydrogen (secondary N) is 1. The van der Waals surface area contributed by atoms with Crippen LogP contribution in [-0.2, 0) is 9.53 Å². The lowest BCUT2D eigenvalue weighted by Gasteiger charge is -2.14. The maximum Gasteiger partial charge on any atom is 0.419 e. The van der Waals surface area contributed by atoms with Crippen LogP contribution in [0.3, 0.4) is 0 Å². The zero-order valence-corrected chi connectivity index (χ0v) is 12.7. The van der Waals surface area contributed by atoms with E-state index >= 15 is 0 Å². The Labute approximate surface area is 128 Å². The number of carbonyl (C=O) groups excluding carboxylic acids is 2. The minimum Gasteiger partial charge on any atom is -0.404 e. The van der Waals surface area contributed by atoms with Crippen molar-refractivity contribution in [3.63, 3.8) is 0 Å². The molecule has 1 aliphatic rings. The maximum absolute atomic E-state index is 11.4. The Morgan fingerprint density at radius 2 is 2.10 bits per heavy atom. The van der Waals surface area contributed by atoms with Crippen molar-refractivity contribution in [1.82, 2.24) is 5.32 Å². The number of fused-ring (bicyclic) bond motifs is 1. The van der Waals surface area contributed by atoms with E-state index in [1.807, 2.05) is 24.1 Å². The summed E-state index contributed by atoms with van der Waals surface area (Å²) in [6.45, 7) is 0.695. The molecule has 1 fully saturated rings. The van der Waals surface area contributed by atoms with E-state index in [2.05, 4.69) is 5.32 Å². The number of likely N-dealkylation sites (N-methyl/N-ethyl adjacent to an activating group) is 1. The molecule has 2 N–H and O–H groups in total. The highest BCUT2D eigenvalue weighted by Crippen LogP contribution is 2.38. The minimum atomic E-state index is -0.738. The molecular weight excluding hydrogens is 312 g/mol. The number of ether oxygens (including phenoxy) is 1. The molecular formula is C13H12N2O4S2. The van der Waals surface area contributed by atoms with Crippen molar-refractivity contribution >= 4 is 55.2 Å². The third-order valence-corrected chi connectivity index (χ3v) is 5.29. The number of anilines is 1. The number of thiophene rings is 2. The van der Waals surface area contributed by atoms with Crippen molar-refractivity contribution in [3.8, 4) is 0 Å². The second kappa shape index (κ2) is 5.47. The first-order valence-electron chi connectivity index (χ1n) is 6.17. The van der Waals surface area contributed by atoms with Gasteiger partial charge in [-0.15, -0.1) is 22.7 Å². The molecule has 3 rings (SSSR count). The third kappa shape index (κ3) is 2.78. The number of aliphatic hydroxyl groups excluding tert-OH is 1. The average Bonchev–Trinajstić information content (AvgIpc) is 3.04. The fourth-order valence-electron chi connectivity index (χ4n) is 1.91. The van der Waals surface area contributed by atoms with Crippen LogP contribution in [0.25, 0.3) is 15.5 Å². The Hall–Kier alpha value is -1.90. The summed E-state index contributed by atoms with van der Waals surface area (Å²) >= 11 is 3.13. The number of hydrogen-bond donors (Lipinski definition) is 2. The fraction of sp³-hybridized carbons (Fsp3) is 0.231. The van der Waals surface area contributed by atoms with Gasteiger partial charge in [0, 0.05) is 33.9 Å². The van der Waals surface area contributed by atoms with Crippen molar-refractivity contribution in [1.29, 1.82) is 0 Å². The van der Waals surface area contributed by atoms with Crippen molar-refractivity contribution in [2.45, 2.75) is 0 Å². The van der Waals surface area contributed by atoms with Gasteiger partial charge in [-0.25, -0.2) is 4.79 Å². The summed E-state index contributed by atoms with van der Waals surface area (Å²) in [5, 5.41) is 12.1. The first kappa shape index (κ1) is 14.1. The lowest BCUT2D eigenvalue weighted by Crippen LogP contribution is -2.19. The number of alkyl carbamates (subject to hydrolysis) is 1. The van der Waals surface area contributed by atoms with E-state index in [1.54, 1.807) is 17.4 Å². The maximum atomic E-state index is 11.4. The van der Waals surface area contributed by atoms with E-state index < -0.39 is 12.0 Å². The molecule has 0 bridgehead atoms. The monoisotopic (exact) mass is 324 g/mol. The zero-order valence-electron chi connectivity index (χ0n) is 11.1. The lowest BCUT2D eigenvalue weighted by molar-refractivity contribution is -0.116. The topological polar surface area (TPSA) is 78.9 Å². The van der Waals surface area contributed by atoms with Crippen LogP contribution < -0.4 is 10.2 Å². The molecule has 1 saturated heterocycles. The van der Waals surface area contributed by atoms with E-state index in [0.717, 1.165) is 19.3 Å². The third-order valence-electron chi connectivity index (χ3n) is 2.94. The van der Waals surface area contributed by atoms with Gasteiger partial charge < -0.3 is 14.7 Å². The number of imide groups is 1. The predicted octanol–water partition coefficient (Wildman–Crippen LogP) is 2.00. The minimum absolute atomic E-state index is 0.0199. The molecule has 0 aromatic carbocycles. The Morgan fingerprint density at radius 3 is 2.71 bits per heavy atom. The summed E-state index contributed by atoms with van der Waals surface area (Å²) in [5.74, 6) is -0.494. The number of rotatable bonds is 4. The summed E-state index contributed by atoms with van der Waals surface area (Å²) < 4.78 is 6.97. The largest absolute Gasteiger partial charge is 0.419 e. The number of carbonyl (C=O) groups is 2. The molecule has 0 atom stereocenters. The highest BCUT2D eigenvalue weighted by atomic mass is 32.1. The Morgan fingerprint density at radius 1 is 1.33 bits per heavy atom. The van der Waals surface area contributed by atoms with Gasteiger partial charge in [0.25, 0.3) is 5.91 Å². The molecule has 0 radical (unpaired) electrons. The molecule has 3 heterocycles. The van der Waals surface area contributed by atoms with Gasteiger partial charge in [-0.3, -0.25) is 10.1 Å². The molecule has 8 heteroatoms. The van der Waals surface area contributed by atoms with Crippen LogP contribution in [0.4, 0.5) is 9.80 Å². The van der Waals surface area contributed by atoms with Crippen molar-refractivity contribution in [2.24, 2.45) is 0 Å². The normalized spacial score (nSPS) is 16.6.